The second-order valence-electron chi connectivity index (χ2n) is 23.2. The topological polar surface area (TPSA) is 3.24 Å². The van der Waals surface area contributed by atoms with Gasteiger partial charge in [-0.2, -0.15) is 0 Å². The molecule has 0 saturated heterocycles. The third-order valence-corrected chi connectivity index (χ3v) is 20.2. The van der Waals surface area contributed by atoms with Crippen LogP contribution in [0.25, 0.3) is 33.4 Å². The molecular formula is C63H59NS. The average Bonchev–Trinajstić information content (AvgIpc) is 3.93. The molecule has 2 heteroatoms. The van der Waals surface area contributed by atoms with Crippen molar-refractivity contribution in [1.82, 2.24) is 0 Å². The van der Waals surface area contributed by atoms with Gasteiger partial charge in [-0.3, -0.25) is 0 Å². The van der Waals surface area contributed by atoms with E-state index in [9.17, 15) is 0 Å². The van der Waals surface area contributed by atoms with Crippen molar-refractivity contribution in [3.05, 3.63) is 185 Å². The average molecular weight is 862 g/mol. The van der Waals surface area contributed by atoms with Crippen molar-refractivity contribution in [3.8, 4) is 33.4 Å². The number of fused-ring (bicyclic) bond motifs is 11. The lowest BCUT2D eigenvalue weighted by Gasteiger charge is -2.78. The van der Waals surface area contributed by atoms with Crippen molar-refractivity contribution >= 4 is 28.8 Å². The zero-order valence-corrected chi connectivity index (χ0v) is 39.7. The van der Waals surface area contributed by atoms with Crippen LogP contribution in [0.2, 0.25) is 0 Å². The highest BCUT2D eigenvalue weighted by molar-refractivity contribution is 7.99. The molecule has 7 aromatic carbocycles. The van der Waals surface area contributed by atoms with Crippen LogP contribution in [0.5, 0.6) is 0 Å². The van der Waals surface area contributed by atoms with Crippen molar-refractivity contribution in [2.75, 3.05) is 4.90 Å². The first-order chi connectivity index (χ1) is 31.4. The number of nitrogens with zero attached hydrogens (tertiary/aromatic N) is 1. The molecule has 65 heavy (non-hydrogen) atoms. The molecule has 0 N–H and O–H groups in total. The molecule has 4 fully saturated rings. The summed E-state index contributed by atoms with van der Waals surface area (Å²) in [6.07, 6.45) is 8.09. The van der Waals surface area contributed by atoms with E-state index in [1.54, 1.807) is 11.1 Å². The molecule has 0 amide bonds. The molecule has 0 aromatic heterocycles. The molecule has 0 radical (unpaired) electrons. The lowest BCUT2D eigenvalue weighted by Crippen LogP contribution is -2.74. The summed E-state index contributed by atoms with van der Waals surface area (Å²) in [6.45, 7) is 14.8. The molecule has 6 aliphatic carbocycles. The monoisotopic (exact) mass is 861 g/mol. The van der Waals surface area contributed by atoms with Gasteiger partial charge in [0, 0.05) is 37.6 Å². The van der Waals surface area contributed by atoms with Crippen molar-refractivity contribution in [2.24, 2.45) is 29.1 Å². The maximum absolute atomic E-state index is 2.74. The van der Waals surface area contributed by atoms with E-state index in [1.807, 2.05) is 0 Å². The van der Waals surface area contributed by atoms with Gasteiger partial charge in [-0.15, -0.1) is 0 Å². The fourth-order valence-corrected chi connectivity index (χ4v) is 17.4. The van der Waals surface area contributed by atoms with Crippen molar-refractivity contribution in [1.29, 1.82) is 0 Å². The standard InChI is InChI=1S/C63H59NS/c1-59(2)29-30-60(3,4)53-36-44(23-27-49(53)59)64(43-22-24-47-46-19-13-14-20-48(46)61(5,6)52(47)35-43)57-45(40-17-11-8-12-18-40)25-28-51-58(57)65-54-33-41(39-15-9-7-10-16-39)21-26-50(54)63(51)55-32-38-31-42-34-56(63)62(42,55)37-38/h7-28,33,35-36,38,42,55-56H,29-32,34,37H2,1-6H3. The van der Waals surface area contributed by atoms with E-state index in [0.717, 1.165) is 11.8 Å². The zero-order valence-electron chi connectivity index (χ0n) is 38.8. The van der Waals surface area contributed by atoms with Gasteiger partial charge in [-0.25, -0.2) is 0 Å². The number of anilines is 3. The largest absolute Gasteiger partial charge is 0.309 e. The fraction of sp³-hybridized carbons (Fsp3) is 0.333. The van der Waals surface area contributed by atoms with Crippen LogP contribution in [0.3, 0.4) is 0 Å². The Morgan fingerprint density at radius 1 is 0.477 bits per heavy atom. The summed E-state index contributed by atoms with van der Waals surface area (Å²) in [7, 11) is 0. The summed E-state index contributed by atoms with van der Waals surface area (Å²) in [5, 5.41) is 0. The van der Waals surface area contributed by atoms with Crippen LogP contribution in [0.1, 0.15) is 113 Å². The van der Waals surface area contributed by atoms with Crippen LogP contribution >= 0.6 is 11.8 Å². The van der Waals surface area contributed by atoms with Crippen LogP contribution in [-0.4, -0.2) is 0 Å². The van der Waals surface area contributed by atoms with E-state index >= 15 is 0 Å². The lowest BCUT2D eigenvalue weighted by molar-refractivity contribution is -0.235. The third-order valence-electron chi connectivity index (χ3n) is 19.1. The molecule has 14 rings (SSSR count). The molecule has 2 spiro atoms. The minimum absolute atomic E-state index is 0.0237. The molecule has 1 heterocycles. The van der Waals surface area contributed by atoms with Crippen molar-refractivity contribution < 1.29 is 0 Å². The van der Waals surface area contributed by atoms with Gasteiger partial charge in [0.25, 0.3) is 0 Å². The van der Waals surface area contributed by atoms with E-state index in [0.29, 0.717) is 17.3 Å². The van der Waals surface area contributed by atoms with E-state index in [2.05, 4.69) is 210 Å². The quantitative estimate of drug-likeness (QED) is 0.170. The summed E-state index contributed by atoms with van der Waals surface area (Å²) >= 11 is 2.07. The Kier molecular flexibility index (Phi) is 7.77. The molecule has 6 unspecified atom stereocenters. The molecule has 1 nitrogen and oxygen atoms in total. The number of rotatable bonds is 5. The van der Waals surface area contributed by atoms with Gasteiger partial charge in [-0.05, 0) is 170 Å². The highest BCUT2D eigenvalue weighted by Crippen LogP contribution is 2.89. The Balaban J connectivity index is 1.07. The van der Waals surface area contributed by atoms with Crippen LogP contribution < -0.4 is 4.90 Å². The molecular weight excluding hydrogens is 803 g/mol. The zero-order chi connectivity index (χ0) is 43.8. The summed E-state index contributed by atoms with van der Waals surface area (Å²) in [5.41, 5.74) is 21.5. The molecule has 7 aromatic rings. The van der Waals surface area contributed by atoms with Gasteiger partial charge in [0.2, 0.25) is 0 Å². The molecule has 2 bridgehead atoms. The molecule has 6 atom stereocenters. The van der Waals surface area contributed by atoms with Gasteiger partial charge in [0.05, 0.1) is 5.69 Å². The highest BCUT2D eigenvalue weighted by atomic mass is 32.2. The van der Waals surface area contributed by atoms with Crippen LogP contribution in [-0.2, 0) is 21.7 Å². The first-order valence-corrected chi connectivity index (χ1v) is 25.5. The van der Waals surface area contributed by atoms with E-state index in [-0.39, 0.29) is 21.7 Å². The third kappa shape index (κ3) is 4.93. The fourth-order valence-electron chi connectivity index (χ4n) is 16.0. The molecule has 322 valence electrons. The van der Waals surface area contributed by atoms with Gasteiger partial charge in [0.1, 0.15) is 0 Å². The molecule has 7 aliphatic rings. The van der Waals surface area contributed by atoms with Crippen LogP contribution in [0.4, 0.5) is 17.1 Å². The second-order valence-corrected chi connectivity index (χ2v) is 24.2. The minimum atomic E-state index is -0.123. The van der Waals surface area contributed by atoms with Crippen molar-refractivity contribution in [2.45, 2.75) is 112 Å². The second kappa shape index (κ2) is 13.0. The Hall–Kier alpha value is -5.31. The van der Waals surface area contributed by atoms with E-state index in [4.69, 9.17) is 0 Å². The Morgan fingerprint density at radius 2 is 1.09 bits per heavy atom. The number of hydrogen-bond donors (Lipinski definition) is 0. The maximum Gasteiger partial charge on any atom is 0.0682 e. The van der Waals surface area contributed by atoms with Crippen LogP contribution in [0.15, 0.2) is 161 Å². The first kappa shape index (κ1) is 38.9. The predicted molar refractivity (Wildman–Crippen MR) is 271 cm³/mol. The van der Waals surface area contributed by atoms with Crippen LogP contribution in [0, 0.1) is 29.1 Å². The first-order valence-electron chi connectivity index (χ1n) is 24.7. The normalized spacial score (nSPS) is 27.9. The van der Waals surface area contributed by atoms with Gasteiger partial charge >= 0.3 is 0 Å². The summed E-state index contributed by atoms with van der Waals surface area (Å²) in [6, 6.07) is 59.5. The molecule has 1 aliphatic heterocycles. The van der Waals surface area contributed by atoms with Gasteiger partial charge in [0.15, 0.2) is 0 Å². The maximum atomic E-state index is 2.74. The van der Waals surface area contributed by atoms with E-state index < -0.39 is 0 Å². The lowest BCUT2D eigenvalue weighted by atomic mass is 9.26. The Bertz CT molecular complexity index is 3160. The summed E-state index contributed by atoms with van der Waals surface area (Å²) < 4.78 is 0. The predicted octanol–water partition coefficient (Wildman–Crippen LogP) is 17.0. The highest BCUT2D eigenvalue weighted by Gasteiger charge is 2.84. The van der Waals surface area contributed by atoms with Gasteiger partial charge < -0.3 is 4.90 Å². The minimum Gasteiger partial charge on any atom is -0.309 e. The summed E-state index contributed by atoms with van der Waals surface area (Å²) in [4.78, 5) is 5.67. The Labute approximate surface area is 390 Å². The van der Waals surface area contributed by atoms with Gasteiger partial charge in [-0.1, -0.05) is 175 Å². The summed E-state index contributed by atoms with van der Waals surface area (Å²) in [5.74, 6) is 3.22. The Morgan fingerprint density at radius 3 is 1.86 bits per heavy atom. The molecule has 4 saturated carbocycles. The number of benzene rings is 7. The number of hydrogen-bond acceptors (Lipinski definition) is 2. The smallest absolute Gasteiger partial charge is 0.0682 e. The SMILES string of the molecule is CC1(C)CCC(C)(C)c2cc(N(c3ccc4c(c3)C(C)(C)c3ccccc3-4)c3c(-c4ccccc4)ccc4c3Sc3cc(-c5ccccc5)ccc3C43C4CC5CC6CC3C64C5)ccc21. The van der Waals surface area contributed by atoms with E-state index in [1.165, 1.54) is 121 Å². The van der Waals surface area contributed by atoms with Crippen molar-refractivity contribution in [3.63, 3.8) is 0 Å².